The molecule has 1 unspecified atom stereocenters. The summed E-state index contributed by atoms with van der Waals surface area (Å²) in [6.45, 7) is 0. The van der Waals surface area contributed by atoms with Gasteiger partial charge in [-0.25, -0.2) is 4.79 Å². The highest BCUT2D eigenvalue weighted by Gasteiger charge is 2.29. The summed E-state index contributed by atoms with van der Waals surface area (Å²) < 4.78 is 13.9. The SMILES string of the molecule is COC(=O)C(OC)C(=O)c1ccco1. The fourth-order valence-electron chi connectivity index (χ4n) is 0.965. The number of carbonyl (C=O) groups is 2. The molecule has 5 nitrogen and oxygen atoms in total. The van der Waals surface area contributed by atoms with E-state index >= 15 is 0 Å². The number of ketones is 1. The molecule has 1 rings (SSSR count). The first-order valence-corrected chi connectivity index (χ1v) is 3.89. The molecule has 14 heavy (non-hydrogen) atoms. The van der Waals surface area contributed by atoms with Gasteiger partial charge in [0.05, 0.1) is 13.4 Å². The molecule has 0 radical (unpaired) electrons. The van der Waals surface area contributed by atoms with Gasteiger partial charge in [-0.1, -0.05) is 0 Å². The first kappa shape index (κ1) is 10.5. The highest BCUT2D eigenvalue weighted by Crippen LogP contribution is 2.07. The maximum Gasteiger partial charge on any atom is 0.343 e. The van der Waals surface area contributed by atoms with Crippen LogP contribution < -0.4 is 0 Å². The molecule has 1 aromatic rings. The number of hydrogen-bond acceptors (Lipinski definition) is 5. The van der Waals surface area contributed by atoms with Crippen molar-refractivity contribution in [1.82, 2.24) is 0 Å². The summed E-state index contributed by atoms with van der Waals surface area (Å²) in [7, 11) is 2.44. The van der Waals surface area contributed by atoms with Crippen molar-refractivity contribution in [1.29, 1.82) is 0 Å². The Morgan fingerprint density at radius 2 is 2.14 bits per heavy atom. The Kier molecular flexibility index (Phi) is 3.41. The van der Waals surface area contributed by atoms with Crippen LogP contribution in [0.4, 0.5) is 0 Å². The standard InChI is InChI=1S/C9H10O5/c1-12-8(9(11)13-2)7(10)6-4-3-5-14-6/h3-5,8H,1-2H3. The van der Waals surface area contributed by atoms with Crippen LogP contribution in [0.5, 0.6) is 0 Å². The number of esters is 1. The minimum Gasteiger partial charge on any atom is -0.467 e. The lowest BCUT2D eigenvalue weighted by Crippen LogP contribution is -2.32. The van der Waals surface area contributed by atoms with Crippen molar-refractivity contribution in [3.8, 4) is 0 Å². The Bertz CT molecular complexity index is 314. The lowest BCUT2D eigenvalue weighted by molar-refractivity contribution is -0.149. The van der Waals surface area contributed by atoms with Gasteiger partial charge in [-0.3, -0.25) is 4.79 Å². The third kappa shape index (κ3) is 2.00. The fraction of sp³-hybridized carbons (Fsp3) is 0.333. The quantitative estimate of drug-likeness (QED) is 0.403. The molecule has 1 heterocycles. The van der Waals surface area contributed by atoms with Gasteiger partial charge in [0, 0.05) is 7.11 Å². The van der Waals surface area contributed by atoms with Gasteiger partial charge in [-0.15, -0.1) is 0 Å². The fourth-order valence-corrected chi connectivity index (χ4v) is 0.965. The van der Waals surface area contributed by atoms with Crippen LogP contribution in [-0.4, -0.2) is 32.1 Å². The number of furan rings is 1. The van der Waals surface area contributed by atoms with E-state index in [0.29, 0.717) is 0 Å². The summed E-state index contributed by atoms with van der Waals surface area (Å²) in [5.74, 6) is -1.22. The van der Waals surface area contributed by atoms with E-state index in [-0.39, 0.29) is 5.76 Å². The third-order valence-electron chi connectivity index (χ3n) is 1.65. The van der Waals surface area contributed by atoms with E-state index in [4.69, 9.17) is 9.15 Å². The zero-order valence-electron chi connectivity index (χ0n) is 7.85. The molecular formula is C9H10O5. The van der Waals surface area contributed by atoms with Crippen LogP contribution in [0.15, 0.2) is 22.8 Å². The lowest BCUT2D eigenvalue weighted by atomic mass is 10.2. The highest BCUT2D eigenvalue weighted by molar-refractivity contribution is 6.09. The molecule has 76 valence electrons. The number of rotatable bonds is 4. The van der Waals surface area contributed by atoms with Crippen molar-refractivity contribution < 1.29 is 23.5 Å². The molecule has 0 aliphatic rings. The largest absolute Gasteiger partial charge is 0.467 e. The van der Waals surface area contributed by atoms with Crippen molar-refractivity contribution in [2.45, 2.75) is 6.10 Å². The molecule has 0 saturated heterocycles. The second kappa shape index (κ2) is 4.57. The van der Waals surface area contributed by atoms with Gasteiger partial charge in [0.2, 0.25) is 11.9 Å². The summed E-state index contributed by atoms with van der Waals surface area (Å²) in [4.78, 5) is 22.6. The molecule has 0 saturated carbocycles. The van der Waals surface area contributed by atoms with E-state index < -0.39 is 17.9 Å². The van der Waals surface area contributed by atoms with Gasteiger partial charge in [-0.2, -0.15) is 0 Å². The second-order valence-electron chi connectivity index (χ2n) is 2.48. The predicted molar refractivity (Wildman–Crippen MR) is 45.9 cm³/mol. The van der Waals surface area contributed by atoms with Gasteiger partial charge in [0.15, 0.2) is 5.76 Å². The van der Waals surface area contributed by atoms with Crippen molar-refractivity contribution in [3.63, 3.8) is 0 Å². The first-order valence-electron chi connectivity index (χ1n) is 3.89. The Morgan fingerprint density at radius 3 is 2.57 bits per heavy atom. The normalized spacial score (nSPS) is 12.1. The van der Waals surface area contributed by atoms with Gasteiger partial charge in [0.25, 0.3) is 0 Å². The molecule has 0 N–H and O–H groups in total. The zero-order valence-corrected chi connectivity index (χ0v) is 7.85. The van der Waals surface area contributed by atoms with Crippen LogP contribution >= 0.6 is 0 Å². The Morgan fingerprint density at radius 1 is 1.43 bits per heavy atom. The molecule has 1 aromatic heterocycles. The molecular weight excluding hydrogens is 188 g/mol. The van der Waals surface area contributed by atoms with E-state index in [9.17, 15) is 9.59 Å². The van der Waals surface area contributed by atoms with E-state index in [1.165, 1.54) is 26.5 Å². The zero-order chi connectivity index (χ0) is 10.6. The van der Waals surface area contributed by atoms with E-state index in [1.807, 2.05) is 0 Å². The summed E-state index contributed by atoms with van der Waals surface area (Å²) in [5.41, 5.74) is 0. The third-order valence-corrected chi connectivity index (χ3v) is 1.65. The topological polar surface area (TPSA) is 65.7 Å². The summed E-state index contributed by atoms with van der Waals surface area (Å²) in [5, 5.41) is 0. The molecule has 0 spiro atoms. The number of Topliss-reactive ketones (excluding diaryl/α,β-unsaturated/α-hetero) is 1. The highest BCUT2D eigenvalue weighted by atomic mass is 16.6. The van der Waals surface area contributed by atoms with Gasteiger partial charge in [0.1, 0.15) is 0 Å². The molecule has 0 aromatic carbocycles. The number of ether oxygens (including phenoxy) is 2. The van der Waals surface area contributed by atoms with Crippen molar-refractivity contribution in [3.05, 3.63) is 24.2 Å². The minimum absolute atomic E-state index is 0.0715. The average molecular weight is 198 g/mol. The van der Waals surface area contributed by atoms with Crippen LogP contribution in [0.2, 0.25) is 0 Å². The maximum atomic E-state index is 11.5. The number of methoxy groups -OCH3 is 2. The van der Waals surface area contributed by atoms with Crippen LogP contribution in [0, 0.1) is 0 Å². The maximum absolute atomic E-state index is 11.5. The van der Waals surface area contributed by atoms with E-state index in [2.05, 4.69) is 4.74 Å². The molecule has 1 atom stereocenters. The van der Waals surface area contributed by atoms with Crippen molar-refractivity contribution in [2.24, 2.45) is 0 Å². The summed E-state index contributed by atoms with van der Waals surface area (Å²) in [6, 6.07) is 3.01. The van der Waals surface area contributed by atoms with Crippen LogP contribution in [0.3, 0.4) is 0 Å². The molecule has 0 bridgehead atoms. The van der Waals surface area contributed by atoms with Gasteiger partial charge < -0.3 is 13.9 Å². The van der Waals surface area contributed by atoms with Crippen molar-refractivity contribution in [2.75, 3.05) is 14.2 Å². The van der Waals surface area contributed by atoms with E-state index in [1.54, 1.807) is 6.07 Å². The van der Waals surface area contributed by atoms with E-state index in [0.717, 1.165) is 0 Å². The smallest absolute Gasteiger partial charge is 0.343 e. The van der Waals surface area contributed by atoms with Crippen LogP contribution in [0.1, 0.15) is 10.6 Å². The number of carbonyl (C=O) groups excluding carboxylic acids is 2. The summed E-state index contributed by atoms with van der Waals surface area (Å²) >= 11 is 0. The Hall–Kier alpha value is -1.62. The molecule has 0 amide bonds. The second-order valence-corrected chi connectivity index (χ2v) is 2.48. The lowest BCUT2D eigenvalue weighted by Gasteiger charge is -2.09. The molecule has 0 fully saturated rings. The molecule has 5 heteroatoms. The van der Waals surface area contributed by atoms with Crippen molar-refractivity contribution >= 4 is 11.8 Å². The summed E-state index contributed by atoms with van der Waals surface area (Å²) in [6.07, 6.45) is 0.0863. The monoisotopic (exact) mass is 198 g/mol. The first-order chi connectivity index (χ1) is 6.70. The molecule has 0 aliphatic carbocycles. The minimum atomic E-state index is -1.26. The number of hydrogen-bond donors (Lipinski definition) is 0. The Labute approximate surface area is 80.6 Å². The molecule has 0 aliphatic heterocycles. The van der Waals surface area contributed by atoms with Crippen LogP contribution in [-0.2, 0) is 14.3 Å². The van der Waals surface area contributed by atoms with Crippen LogP contribution in [0.25, 0.3) is 0 Å². The predicted octanol–water partition coefficient (Wildman–Crippen LogP) is 0.650. The average Bonchev–Trinajstić information content (AvgIpc) is 2.71. The Balaban J connectivity index is 2.81. The van der Waals surface area contributed by atoms with Gasteiger partial charge in [-0.05, 0) is 12.1 Å². The van der Waals surface area contributed by atoms with Gasteiger partial charge >= 0.3 is 5.97 Å².